The topological polar surface area (TPSA) is 54.7 Å². The number of benzene rings is 2. The number of amides is 1. The van der Waals surface area contributed by atoms with Crippen LogP contribution in [0.3, 0.4) is 0 Å². The second-order valence-corrected chi connectivity index (χ2v) is 7.76. The van der Waals surface area contributed by atoms with E-state index in [2.05, 4.69) is 53.2 Å². The molecule has 160 valence electrons. The third-order valence-corrected chi connectivity index (χ3v) is 5.62. The number of nitrogens with zero attached hydrogens (tertiary/aromatic N) is 1. The molecule has 1 N–H and O–H groups in total. The highest BCUT2D eigenvalue weighted by atomic mass is 16.5. The Labute approximate surface area is 183 Å². The normalized spacial score (nSPS) is 16.9. The van der Waals surface area contributed by atoms with Crippen LogP contribution < -0.4 is 10.1 Å². The average molecular weight is 417 g/mol. The lowest BCUT2D eigenvalue weighted by Crippen LogP contribution is -2.37. The summed E-state index contributed by atoms with van der Waals surface area (Å²) < 4.78 is 11.3. The van der Waals surface area contributed by atoms with Gasteiger partial charge < -0.3 is 14.5 Å². The molecule has 2 heterocycles. The summed E-state index contributed by atoms with van der Waals surface area (Å²) in [6.45, 7) is 7.83. The molecular weight excluding hydrogens is 388 g/mol. The van der Waals surface area contributed by atoms with Crippen LogP contribution in [0, 0.1) is 0 Å². The van der Waals surface area contributed by atoms with Crippen molar-refractivity contribution in [3.05, 3.63) is 102 Å². The van der Waals surface area contributed by atoms with E-state index in [0.717, 1.165) is 19.5 Å². The van der Waals surface area contributed by atoms with Gasteiger partial charge in [0.25, 0.3) is 5.91 Å². The number of rotatable bonds is 8. The van der Waals surface area contributed by atoms with Crippen molar-refractivity contribution in [3.8, 4) is 5.75 Å². The quantitative estimate of drug-likeness (QED) is 0.550. The SMILES string of the molecule is C=CCN1CCc2ccc(OC(C)C(=O)NCc3ccco3)cc2C1c1ccccc1. The summed E-state index contributed by atoms with van der Waals surface area (Å²) >= 11 is 0. The zero-order valence-electron chi connectivity index (χ0n) is 17.8. The van der Waals surface area contributed by atoms with Gasteiger partial charge in [0.15, 0.2) is 6.10 Å². The van der Waals surface area contributed by atoms with Crippen LogP contribution in [-0.2, 0) is 17.8 Å². The van der Waals surface area contributed by atoms with Crippen molar-refractivity contribution >= 4 is 5.91 Å². The van der Waals surface area contributed by atoms with E-state index in [4.69, 9.17) is 9.15 Å². The summed E-state index contributed by atoms with van der Waals surface area (Å²) in [5.41, 5.74) is 3.78. The van der Waals surface area contributed by atoms with E-state index in [1.54, 1.807) is 19.3 Å². The van der Waals surface area contributed by atoms with Gasteiger partial charge in [-0.15, -0.1) is 6.58 Å². The number of carbonyl (C=O) groups excluding carboxylic acids is 1. The van der Waals surface area contributed by atoms with Crippen molar-refractivity contribution in [2.24, 2.45) is 0 Å². The second kappa shape index (κ2) is 9.67. The first-order chi connectivity index (χ1) is 15.2. The van der Waals surface area contributed by atoms with E-state index in [1.165, 1.54) is 16.7 Å². The number of carbonyl (C=O) groups is 1. The zero-order chi connectivity index (χ0) is 21.6. The van der Waals surface area contributed by atoms with Crippen LogP contribution in [0.15, 0.2) is 84.0 Å². The molecule has 0 saturated heterocycles. The number of hydrogen-bond acceptors (Lipinski definition) is 4. The highest BCUT2D eigenvalue weighted by Gasteiger charge is 2.28. The van der Waals surface area contributed by atoms with Crippen molar-refractivity contribution < 1.29 is 13.9 Å². The summed E-state index contributed by atoms with van der Waals surface area (Å²) in [6, 6.07) is 20.4. The average Bonchev–Trinajstić information content (AvgIpc) is 3.31. The predicted molar refractivity (Wildman–Crippen MR) is 121 cm³/mol. The van der Waals surface area contributed by atoms with E-state index in [9.17, 15) is 4.79 Å². The Hall–Kier alpha value is -3.31. The molecule has 0 bridgehead atoms. The molecule has 0 spiro atoms. The molecule has 31 heavy (non-hydrogen) atoms. The van der Waals surface area contributed by atoms with Gasteiger partial charge >= 0.3 is 0 Å². The van der Waals surface area contributed by atoms with Crippen LogP contribution in [0.25, 0.3) is 0 Å². The fraction of sp³-hybridized carbons (Fsp3) is 0.269. The van der Waals surface area contributed by atoms with Crippen LogP contribution in [0.2, 0.25) is 0 Å². The minimum Gasteiger partial charge on any atom is -0.481 e. The van der Waals surface area contributed by atoms with E-state index in [0.29, 0.717) is 18.1 Å². The van der Waals surface area contributed by atoms with Crippen LogP contribution in [-0.4, -0.2) is 30.0 Å². The predicted octanol–water partition coefficient (Wildman–Crippen LogP) is 4.50. The highest BCUT2D eigenvalue weighted by Crippen LogP contribution is 2.37. The van der Waals surface area contributed by atoms with Gasteiger partial charge in [0.05, 0.1) is 18.8 Å². The van der Waals surface area contributed by atoms with Crippen LogP contribution in [0.1, 0.15) is 35.4 Å². The maximum atomic E-state index is 12.5. The van der Waals surface area contributed by atoms with Gasteiger partial charge in [-0.05, 0) is 54.3 Å². The number of fused-ring (bicyclic) bond motifs is 1. The molecule has 0 saturated carbocycles. The molecule has 0 aliphatic carbocycles. The number of ether oxygens (including phenoxy) is 1. The lowest BCUT2D eigenvalue weighted by atomic mass is 9.88. The summed E-state index contributed by atoms with van der Waals surface area (Å²) in [7, 11) is 0. The molecule has 5 heteroatoms. The maximum absolute atomic E-state index is 12.5. The van der Waals surface area contributed by atoms with Crippen molar-refractivity contribution in [2.75, 3.05) is 13.1 Å². The number of furan rings is 1. The molecule has 3 aromatic rings. The summed E-state index contributed by atoms with van der Waals surface area (Å²) in [6.07, 6.45) is 3.91. The van der Waals surface area contributed by atoms with Crippen LogP contribution in [0.5, 0.6) is 5.75 Å². The van der Waals surface area contributed by atoms with Gasteiger partial charge in [-0.3, -0.25) is 9.69 Å². The first-order valence-electron chi connectivity index (χ1n) is 10.6. The van der Waals surface area contributed by atoms with E-state index < -0.39 is 6.10 Å². The van der Waals surface area contributed by atoms with Gasteiger partial charge in [-0.25, -0.2) is 0 Å². The molecule has 4 rings (SSSR count). The monoisotopic (exact) mass is 416 g/mol. The Balaban J connectivity index is 1.53. The Morgan fingerprint density at radius 1 is 1.26 bits per heavy atom. The van der Waals surface area contributed by atoms with Crippen molar-refractivity contribution in [1.29, 1.82) is 0 Å². The molecule has 1 amide bonds. The molecule has 1 aliphatic heterocycles. The highest BCUT2D eigenvalue weighted by molar-refractivity contribution is 5.80. The second-order valence-electron chi connectivity index (χ2n) is 7.76. The molecule has 1 aliphatic rings. The summed E-state index contributed by atoms with van der Waals surface area (Å²) in [4.78, 5) is 14.9. The lowest BCUT2D eigenvalue weighted by Gasteiger charge is -2.37. The van der Waals surface area contributed by atoms with Gasteiger partial charge in [-0.1, -0.05) is 42.5 Å². The Morgan fingerprint density at radius 3 is 2.84 bits per heavy atom. The minimum atomic E-state index is -0.615. The third kappa shape index (κ3) is 4.89. The first kappa shape index (κ1) is 20.9. The molecule has 0 radical (unpaired) electrons. The zero-order valence-corrected chi connectivity index (χ0v) is 17.8. The van der Waals surface area contributed by atoms with Crippen LogP contribution >= 0.6 is 0 Å². The Kier molecular flexibility index (Phi) is 6.53. The molecule has 5 nitrogen and oxygen atoms in total. The minimum absolute atomic E-state index is 0.134. The molecule has 1 aromatic heterocycles. The Bertz CT molecular complexity index is 1010. The molecule has 0 fully saturated rings. The fourth-order valence-electron chi connectivity index (χ4n) is 4.10. The number of hydrogen-bond donors (Lipinski definition) is 1. The third-order valence-electron chi connectivity index (χ3n) is 5.62. The van der Waals surface area contributed by atoms with Crippen molar-refractivity contribution in [2.45, 2.75) is 32.0 Å². The lowest BCUT2D eigenvalue weighted by molar-refractivity contribution is -0.127. The van der Waals surface area contributed by atoms with Gasteiger partial charge in [-0.2, -0.15) is 0 Å². The van der Waals surface area contributed by atoms with E-state index in [1.807, 2.05) is 24.3 Å². The standard InChI is InChI=1S/C26H28N2O3/c1-3-14-28-15-13-20-11-12-22(17-24(20)25(28)21-8-5-4-6-9-21)31-19(2)26(29)27-18-23-10-7-16-30-23/h3-12,16-17,19,25H,1,13-15,18H2,2H3,(H,27,29). The smallest absolute Gasteiger partial charge is 0.261 e. The van der Waals surface area contributed by atoms with Crippen LogP contribution in [0.4, 0.5) is 0 Å². The fourth-order valence-corrected chi connectivity index (χ4v) is 4.10. The number of nitrogens with one attached hydrogen (secondary N) is 1. The molecule has 2 atom stereocenters. The largest absolute Gasteiger partial charge is 0.481 e. The van der Waals surface area contributed by atoms with E-state index >= 15 is 0 Å². The van der Waals surface area contributed by atoms with Gasteiger partial charge in [0, 0.05) is 13.1 Å². The van der Waals surface area contributed by atoms with Gasteiger partial charge in [0.1, 0.15) is 11.5 Å². The molecule has 2 unspecified atom stereocenters. The van der Waals surface area contributed by atoms with E-state index in [-0.39, 0.29) is 11.9 Å². The van der Waals surface area contributed by atoms with Crippen molar-refractivity contribution in [1.82, 2.24) is 10.2 Å². The molecule has 2 aromatic carbocycles. The molecular formula is C26H28N2O3. The maximum Gasteiger partial charge on any atom is 0.261 e. The summed E-state index contributed by atoms with van der Waals surface area (Å²) in [5.74, 6) is 1.23. The first-order valence-corrected chi connectivity index (χ1v) is 10.6. The summed E-state index contributed by atoms with van der Waals surface area (Å²) in [5, 5.41) is 2.85. The Morgan fingerprint density at radius 2 is 2.10 bits per heavy atom. The van der Waals surface area contributed by atoms with Crippen molar-refractivity contribution in [3.63, 3.8) is 0 Å². The van der Waals surface area contributed by atoms with Gasteiger partial charge in [0.2, 0.25) is 0 Å².